The van der Waals surface area contributed by atoms with Crippen molar-refractivity contribution in [1.82, 2.24) is 9.55 Å². The van der Waals surface area contributed by atoms with E-state index in [1.807, 2.05) is 0 Å². The Morgan fingerprint density at radius 2 is 2.07 bits per heavy atom. The Morgan fingerprint density at radius 1 is 1.30 bits per heavy atom. The van der Waals surface area contributed by atoms with Crippen LogP contribution in [0.5, 0.6) is 0 Å². The van der Waals surface area contributed by atoms with Crippen LogP contribution in [0.3, 0.4) is 0 Å². The number of thioether (sulfide) groups is 1. The van der Waals surface area contributed by atoms with Crippen molar-refractivity contribution in [2.24, 2.45) is 0 Å². The third-order valence-corrected chi connectivity index (χ3v) is 6.04. The van der Waals surface area contributed by atoms with E-state index in [9.17, 15) is 18.4 Å². The highest BCUT2D eigenvalue weighted by Gasteiger charge is 2.26. The predicted molar refractivity (Wildman–Crippen MR) is 101 cm³/mol. The van der Waals surface area contributed by atoms with Crippen molar-refractivity contribution in [2.45, 2.75) is 17.5 Å². The van der Waals surface area contributed by atoms with Gasteiger partial charge in [-0.15, -0.1) is 11.8 Å². The molecule has 0 amide bonds. The maximum atomic E-state index is 14.5. The van der Waals surface area contributed by atoms with Crippen LogP contribution in [0.15, 0.2) is 38.8 Å². The molecule has 0 aliphatic carbocycles. The molecule has 1 atom stereocenters. The highest BCUT2D eigenvalue weighted by Crippen LogP contribution is 2.43. The van der Waals surface area contributed by atoms with Gasteiger partial charge in [0, 0.05) is 35.0 Å². The minimum atomic E-state index is -0.778. The predicted octanol–water partition coefficient (Wildman–Crippen LogP) is 3.41. The van der Waals surface area contributed by atoms with E-state index in [4.69, 9.17) is 16.3 Å². The van der Waals surface area contributed by atoms with E-state index in [0.717, 1.165) is 12.1 Å². The van der Waals surface area contributed by atoms with E-state index in [1.165, 1.54) is 35.6 Å². The van der Waals surface area contributed by atoms with E-state index in [0.29, 0.717) is 21.7 Å². The fourth-order valence-corrected chi connectivity index (χ4v) is 4.90. The van der Waals surface area contributed by atoms with Gasteiger partial charge < -0.3 is 4.74 Å². The van der Waals surface area contributed by atoms with Gasteiger partial charge in [-0.25, -0.2) is 13.6 Å². The molecule has 9 heteroatoms. The molecule has 1 aromatic heterocycles. The second kappa shape index (κ2) is 6.78. The van der Waals surface area contributed by atoms with Crippen LogP contribution < -0.4 is 11.2 Å². The number of ether oxygens (including phenoxy) is 1. The Morgan fingerprint density at radius 3 is 2.78 bits per heavy atom. The van der Waals surface area contributed by atoms with Crippen molar-refractivity contribution >= 4 is 34.3 Å². The van der Waals surface area contributed by atoms with Gasteiger partial charge in [0.25, 0.3) is 5.56 Å². The third-order valence-electron chi connectivity index (χ3n) is 4.52. The molecule has 0 radical (unpaired) electrons. The van der Waals surface area contributed by atoms with Crippen molar-refractivity contribution in [2.75, 3.05) is 12.9 Å². The number of benzene rings is 2. The average Bonchev–Trinajstić information content (AvgIpc) is 2.81. The van der Waals surface area contributed by atoms with Gasteiger partial charge >= 0.3 is 5.69 Å². The number of hydrogen-bond donors (Lipinski definition) is 1. The highest BCUT2D eigenvalue weighted by atomic mass is 35.5. The fourth-order valence-electron chi connectivity index (χ4n) is 3.22. The zero-order valence-electron chi connectivity index (χ0n) is 14.0. The molecule has 0 bridgehead atoms. The number of nitrogens with one attached hydrogen (secondary N) is 1. The van der Waals surface area contributed by atoms with Crippen molar-refractivity contribution < 1.29 is 13.5 Å². The quantitative estimate of drug-likeness (QED) is 0.703. The number of halogens is 3. The van der Waals surface area contributed by atoms with Gasteiger partial charge in [0.05, 0.1) is 28.6 Å². The van der Waals surface area contributed by atoms with Crippen molar-refractivity contribution in [1.29, 1.82) is 0 Å². The first-order valence-corrected chi connectivity index (χ1v) is 9.37. The van der Waals surface area contributed by atoms with Crippen LogP contribution in [-0.4, -0.2) is 28.5 Å². The molecule has 5 nitrogen and oxygen atoms in total. The molecule has 1 aliphatic heterocycles. The molecule has 0 saturated carbocycles. The molecule has 2 aromatic carbocycles. The maximum absolute atomic E-state index is 14.5. The topological polar surface area (TPSA) is 64.1 Å². The van der Waals surface area contributed by atoms with Crippen LogP contribution in [-0.2, 0) is 11.3 Å². The molecule has 140 valence electrons. The monoisotopic (exact) mass is 410 g/mol. The fraction of sp³-hybridized carbons (Fsp3) is 0.222. The summed E-state index contributed by atoms with van der Waals surface area (Å²) in [5.41, 5.74) is -0.359. The molecular formula is C18H13ClF2N2O3S. The zero-order valence-corrected chi connectivity index (χ0v) is 15.6. The lowest BCUT2D eigenvalue weighted by Crippen LogP contribution is -2.34. The Bertz CT molecular complexity index is 1190. The molecule has 4 rings (SSSR count). The van der Waals surface area contributed by atoms with Crippen LogP contribution in [0.1, 0.15) is 0 Å². The zero-order chi connectivity index (χ0) is 19.3. The Balaban J connectivity index is 2.15. The second-order valence-electron chi connectivity index (χ2n) is 6.12. The van der Waals surface area contributed by atoms with Gasteiger partial charge in [-0.3, -0.25) is 14.3 Å². The third kappa shape index (κ3) is 2.97. The summed E-state index contributed by atoms with van der Waals surface area (Å²) in [5.74, 6) is -1.02. The number of aromatic nitrogens is 2. The molecule has 1 aliphatic rings. The summed E-state index contributed by atoms with van der Waals surface area (Å²) in [6.45, 7) is 0.232. The molecule has 0 fully saturated rings. The summed E-state index contributed by atoms with van der Waals surface area (Å²) in [6, 6.07) is 4.60. The first kappa shape index (κ1) is 18.2. The first-order valence-electron chi connectivity index (χ1n) is 8.01. The lowest BCUT2D eigenvalue weighted by atomic mass is 10.0. The van der Waals surface area contributed by atoms with Gasteiger partial charge in [-0.1, -0.05) is 11.6 Å². The first-order chi connectivity index (χ1) is 12.9. The molecule has 0 saturated heterocycles. The Kier molecular flexibility index (Phi) is 4.57. The summed E-state index contributed by atoms with van der Waals surface area (Å²) in [7, 11) is 1.53. The highest BCUT2D eigenvalue weighted by molar-refractivity contribution is 7.99. The largest absolute Gasteiger partial charge is 0.379 e. The normalized spacial score (nSPS) is 16.5. The molecule has 0 spiro atoms. The minimum Gasteiger partial charge on any atom is -0.379 e. The number of aromatic amines is 1. The smallest absolute Gasteiger partial charge is 0.328 e. The summed E-state index contributed by atoms with van der Waals surface area (Å²) in [4.78, 5) is 27.5. The Hall–Kier alpha value is -2.16. The van der Waals surface area contributed by atoms with Crippen LogP contribution >= 0.6 is 23.4 Å². The van der Waals surface area contributed by atoms with Gasteiger partial charge in [-0.05, 0) is 18.2 Å². The maximum Gasteiger partial charge on any atom is 0.328 e. The summed E-state index contributed by atoms with van der Waals surface area (Å²) >= 11 is 7.72. The van der Waals surface area contributed by atoms with Gasteiger partial charge in [0.15, 0.2) is 0 Å². The van der Waals surface area contributed by atoms with Crippen molar-refractivity contribution in [3.05, 3.63) is 61.8 Å². The van der Waals surface area contributed by atoms with Crippen molar-refractivity contribution in [3.8, 4) is 11.1 Å². The van der Waals surface area contributed by atoms with Gasteiger partial charge in [-0.2, -0.15) is 0 Å². The molecule has 3 aromatic rings. The average molecular weight is 411 g/mol. The summed E-state index contributed by atoms with van der Waals surface area (Å²) in [6.07, 6.45) is -0.293. The summed E-state index contributed by atoms with van der Waals surface area (Å²) < 4.78 is 34.7. The Labute approximate surface area is 160 Å². The van der Waals surface area contributed by atoms with E-state index in [2.05, 4.69) is 4.98 Å². The van der Waals surface area contributed by atoms with Crippen LogP contribution in [0.2, 0.25) is 5.02 Å². The van der Waals surface area contributed by atoms with Crippen LogP contribution in [0.4, 0.5) is 8.78 Å². The molecular weight excluding hydrogens is 398 g/mol. The number of methoxy groups -OCH3 is 1. The number of H-pyrrole nitrogens is 1. The number of hydrogen-bond acceptors (Lipinski definition) is 4. The lowest BCUT2D eigenvalue weighted by molar-refractivity contribution is 0.107. The standard InChI is InChI=1S/C18H13ClF2N2O3S/c1-26-9-6-23-15-11(17(24)22-18(23)25)5-12(19)14(16(15)27-7-9)10-3-2-8(20)4-13(10)21/h2-5,9H,6-7H2,1H3,(H,22,24,25)/t9-/m0/s1. The summed E-state index contributed by atoms with van der Waals surface area (Å²) in [5, 5.41) is 0.368. The van der Waals surface area contributed by atoms with Crippen LogP contribution in [0, 0.1) is 11.6 Å². The van der Waals surface area contributed by atoms with Gasteiger partial charge in [0.1, 0.15) is 11.6 Å². The SMILES string of the molecule is CO[C@@H]1CSc2c(-c3ccc(F)cc3F)c(Cl)cc3c(=O)[nH]c(=O)n(c23)C1. The molecule has 0 unspecified atom stereocenters. The minimum absolute atomic E-state index is 0.0981. The van der Waals surface area contributed by atoms with E-state index in [-0.39, 0.29) is 28.6 Å². The molecule has 1 N–H and O–H groups in total. The van der Waals surface area contributed by atoms with E-state index < -0.39 is 22.9 Å². The number of rotatable bonds is 2. The van der Waals surface area contributed by atoms with Gasteiger partial charge in [0.2, 0.25) is 0 Å². The van der Waals surface area contributed by atoms with E-state index >= 15 is 0 Å². The lowest BCUT2D eigenvalue weighted by Gasteiger charge is -2.16. The number of nitrogens with zero attached hydrogens (tertiary/aromatic N) is 1. The van der Waals surface area contributed by atoms with Crippen LogP contribution in [0.25, 0.3) is 22.0 Å². The van der Waals surface area contributed by atoms with E-state index in [1.54, 1.807) is 0 Å². The molecule has 2 heterocycles. The molecule has 27 heavy (non-hydrogen) atoms. The second-order valence-corrected chi connectivity index (χ2v) is 7.56. The van der Waals surface area contributed by atoms with Crippen molar-refractivity contribution in [3.63, 3.8) is 0 Å².